The fourth-order valence-corrected chi connectivity index (χ4v) is 5.15. The largest absolute Gasteiger partial charge is 0.490 e. The number of nitrogens with one attached hydrogen (secondary N) is 1. The van der Waals surface area contributed by atoms with Crippen molar-refractivity contribution in [2.45, 2.75) is 57.5 Å². The van der Waals surface area contributed by atoms with Crippen LogP contribution in [0.5, 0.6) is 5.75 Å². The van der Waals surface area contributed by atoms with Crippen molar-refractivity contribution < 1.29 is 19.1 Å². The van der Waals surface area contributed by atoms with Gasteiger partial charge in [-0.15, -0.1) is 0 Å². The molecule has 208 valence electrons. The molecule has 1 aromatic heterocycles. The van der Waals surface area contributed by atoms with Crippen molar-refractivity contribution in [2.75, 3.05) is 40.4 Å². The van der Waals surface area contributed by atoms with E-state index in [1.807, 2.05) is 12.1 Å². The molecular weight excluding hydrogens is 527 g/mol. The molecule has 1 N–H and O–H groups in total. The molecule has 1 aliphatic heterocycles. The maximum atomic E-state index is 13.5. The Balaban J connectivity index is 1.68. The van der Waals surface area contributed by atoms with Crippen LogP contribution in [-0.4, -0.2) is 79.3 Å². The van der Waals surface area contributed by atoms with Gasteiger partial charge in [0.2, 0.25) is 5.91 Å². The van der Waals surface area contributed by atoms with Crippen LogP contribution in [0.1, 0.15) is 50.3 Å². The lowest BCUT2D eigenvalue weighted by Crippen LogP contribution is -2.51. The van der Waals surface area contributed by atoms with Crippen molar-refractivity contribution in [3.8, 4) is 5.75 Å². The molecule has 0 aliphatic carbocycles. The Kier molecular flexibility index (Phi) is 11.5. The van der Waals surface area contributed by atoms with Crippen LogP contribution in [0.4, 0.5) is 4.79 Å². The number of pyridine rings is 1. The Labute approximate surface area is 235 Å². The number of hydrogen-bond acceptors (Lipinski definition) is 6. The van der Waals surface area contributed by atoms with Gasteiger partial charge in [0.05, 0.1) is 12.3 Å². The molecule has 3 rings (SSSR count). The van der Waals surface area contributed by atoms with Gasteiger partial charge in [-0.1, -0.05) is 36.2 Å². The molecule has 2 heterocycles. The summed E-state index contributed by atoms with van der Waals surface area (Å²) in [5.74, 6) is 0.811. The van der Waals surface area contributed by atoms with E-state index in [-0.39, 0.29) is 24.9 Å². The molecule has 0 saturated carbocycles. The zero-order valence-corrected chi connectivity index (χ0v) is 24.1. The van der Waals surface area contributed by atoms with Gasteiger partial charge in [-0.05, 0) is 70.1 Å². The fourth-order valence-electron chi connectivity index (χ4n) is 4.67. The number of likely N-dealkylation sites (N-methyl/N-ethyl adjacent to an activating group) is 1. The summed E-state index contributed by atoms with van der Waals surface area (Å²) >= 11 is 12.4. The van der Waals surface area contributed by atoms with E-state index < -0.39 is 12.1 Å². The average molecular weight is 566 g/mol. The topological polar surface area (TPSA) is 84.0 Å². The molecule has 0 spiro atoms. The summed E-state index contributed by atoms with van der Waals surface area (Å²) in [6.07, 6.45) is 3.87. The third-order valence-electron chi connectivity index (χ3n) is 6.93. The van der Waals surface area contributed by atoms with Gasteiger partial charge in [-0.2, -0.15) is 0 Å². The van der Waals surface area contributed by atoms with E-state index >= 15 is 0 Å². The molecule has 0 bridgehead atoms. The highest BCUT2D eigenvalue weighted by Crippen LogP contribution is 2.33. The smallest absolute Gasteiger partial charge is 0.407 e. The number of likely N-dealkylation sites (tertiary alicyclic amines) is 1. The van der Waals surface area contributed by atoms with Gasteiger partial charge in [-0.25, -0.2) is 4.79 Å². The molecule has 2 amide bonds. The first kappa shape index (κ1) is 30.0. The first-order chi connectivity index (χ1) is 18.2. The van der Waals surface area contributed by atoms with Gasteiger partial charge < -0.3 is 24.6 Å². The van der Waals surface area contributed by atoms with Gasteiger partial charge in [0.1, 0.15) is 18.4 Å². The highest BCUT2D eigenvalue weighted by molar-refractivity contribution is 6.35. The highest BCUT2D eigenvalue weighted by Gasteiger charge is 2.32. The lowest BCUT2D eigenvalue weighted by atomic mass is 9.91. The van der Waals surface area contributed by atoms with E-state index in [0.29, 0.717) is 35.8 Å². The predicted octanol–water partition coefficient (Wildman–Crippen LogP) is 5.17. The number of aromatic nitrogens is 1. The maximum Gasteiger partial charge on any atom is 0.407 e. The second kappa shape index (κ2) is 14.6. The molecule has 8 nitrogen and oxygen atoms in total. The number of nitrogens with zero attached hydrogens (tertiary/aromatic N) is 3. The summed E-state index contributed by atoms with van der Waals surface area (Å²) < 4.78 is 11.2. The van der Waals surface area contributed by atoms with Crippen molar-refractivity contribution in [1.82, 2.24) is 20.1 Å². The van der Waals surface area contributed by atoms with Gasteiger partial charge in [-0.3, -0.25) is 9.78 Å². The summed E-state index contributed by atoms with van der Waals surface area (Å²) in [6.45, 7) is 5.76. The molecule has 1 aromatic carbocycles. The molecule has 1 saturated heterocycles. The molecule has 0 unspecified atom stereocenters. The van der Waals surface area contributed by atoms with Crippen LogP contribution < -0.4 is 10.1 Å². The number of rotatable bonds is 11. The number of halogens is 2. The summed E-state index contributed by atoms with van der Waals surface area (Å²) in [6, 6.07) is 8.48. The monoisotopic (exact) mass is 564 g/mol. The Morgan fingerprint density at radius 1 is 1.18 bits per heavy atom. The first-order valence-corrected chi connectivity index (χ1v) is 13.9. The zero-order valence-electron chi connectivity index (χ0n) is 22.6. The van der Waals surface area contributed by atoms with Crippen molar-refractivity contribution in [1.29, 1.82) is 0 Å². The van der Waals surface area contributed by atoms with Crippen LogP contribution in [0.3, 0.4) is 0 Å². The number of benzene rings is 1. The number of alkyl carbamates (subject to hydrolysis) is 1. The van der Waals surface area contributed by atoms with E-state index in [9.17, 15) is 9.59 Å². The number of ether oxygens (including phenoxy) is 2. The van der Waals surface area contributed by atoms with E-state index in [4.69, 9.17) is 32.7 Å². The van der Waals surface area contributed by atoms with Gasteiger partial charge in [0, 0.05) is 47.7 Å². The number of carbonyl (C=O) groups is 2. The minimum Gasteiger partial charge on any atom is -0.490 e. The van der Waals surface area contributed by atoms with Crippen molar-refractivity contribution in [3.05, 3.63) is 57.8 Å². The Morgan fingerprint density at radius 3 is 2.55 bits per heavy atom. The van der Waals surface area contributed by atoms with E-state index in [2.05, 4.69) is 36.2 Å². The molecule has 2 atom stereocenters. The standard InChI is InChI=1S/C28H38Cl2N4O4/c1-5-22(33(3)4)18-38-25-8-7-13-31-26(25)19-11-14-34(15-12-19)27(35)24(32-28(36)37-6-2)16-20-9-10-21(29)17-23(20)30/h7-10,13,17,19,22,24H,5-6,11-12,14-16,18H2,1-4H3,(H,32,36)/t22-,24-/m1/s1. The maximum absolute atomic E-state index is 13.5. The van der Waals surface area contributed by atoms with Crippen molar-refractivity contribution >= 4 is 35.2 Å². The minimum atomic E-state index is -0.810. The second-order valence-electron chi connectivity index (χ2n) is 9.68. The summed E-state index contributed by atoms with van der Waals surface area (Å²) in [5.41, 5.74) is 1.65. The SMILES string of the molecule is CCOC(=O)N[C@H](Cc1ccc(Cl)cc1Cl)C(=O)N1CCC(c2ncccc2OC[C@@H](CC)N(C)C)CC1. The molecule has 0 radical (unpaired) electrons. The van der Waals surface area contributed by atoms with Crippen LogP contribution >= 0.6 is 23.2 Å². The third kappa shape index (κ3) is 8.22. The van der Waals surface area contributed by atoms with Crippen LogP contribution in [0.15, 0.2) is 36.5 Å². The molecule has 1 aliphatic rings. The molecule has 1 fully saturated rings. The second-order valence-corrected chi connectivity index (χ2v) is 10.5. The quantitative estimate of drug-likeness (QED) is 0.405. The van der Waals surface area contributed by atoms with E-state index in [1.54, 1.807) is 36.2 Å². The van der Waals surface area contributed by atoms with Crippen LogP contribution in [0, 0.1) is 0 Å². The summed E-state index contributed by atoms with van der Waals surface area (Å²) in [7, 11) is 4.11. The van der Waals surface area contributed by atoms with Crippen LogP contribution in [0.2, 0.25) is 10.0 Å². The van der Waals surface area contributed by atoms with Gasteiger partial charge >= 0.3 is 6.09 Å². The van der Waals surface area contributed by atoms with Crippen LogP contribution in [0.25, 0.3) is 0 Å². The number of hydrogen-bond donors (Lipinski definition) is 1. The lowest BCUT2D eigenvalue weighted by Gasteiger charge is -2.34. The van der Waals surface area contributed by atoms with Gasteiger partial charge in [0.25, 0.3) is 0 Å². The number of amides is 2. The summed E-state index contributed by atoms with van der Waals surface area (Å²) in [5, 5.41) is 3.67. The molecule has 38 heavy (non-hydrogen) atoms. The van der Waals surface area contributed by atoms with Crippen molar-refractivity contribution in [2.24, 2.45) is 0 Å². The lowest BCUT2D eigenvalue weighted by molar-refractivity contribution is -0.134. The third-order valence-corrected chi connectivity index (χ3v) is 7.52. The predicted molar refractivity (Wildman–Crippen MR) is 150 cm³/mol. The minimum absolute atomic E-state index is 0.170. The van der Waals surface area contributed by atoms with Crippen LogP contribution in [-0.2, 0) is 16.0 Å². The molecular formula is C28H38Cl2N4O4. The summed E-state index contributed by atoms with van der Waals surface area (Å²) in [4.78, 5) is 34.4. The Morgan fingerprint density at radius 2 is 1.92 bits per heavy atom. The van der Waals surface area contributed by atoms with Gasteiger partial charge in [0.15, 0.2) is 0 Å². The number of piperidine rings is 1. The number of carbonyl (C=O) groups excluding carboxylic acids is 2. The fraction of sp³-hybridized carbons (Fsp3) is 0.536. The molecule has 10 heteroatoms. The van der Waals surface area contributed by atoms with E-state index in [0.717, 1.165) is 36.3 Å². The average Bonchev–Trinajstić information content (AvgIpc) is 2.90. The van der Waals surface area contributed by atoms with Crippen molar-refractivity contribution in [3.63, 3.8) is 0 Å². The first-order valence-electron chi connectivity index (χ1n) is 13.1. The Hall–Kier alpha value is -2.55. The normalized spacial score (nSPS) is 15.7. The van der Waals surface area contributed by atoms with E-state index in [1.165, 1.54) is 0 Å². The zero-order chi connectivity index (χ0) is 27.7. The highest BCUT2D eigenvalue weighted by atomic mass is 35.5. The molecule has 2 aromatic rings. The Bertz CT molecular complexity index is 1080.